The van der Waals surface area contributed by atoms with E-state index in [-0.39, 0.29) is 36.4 Å². The number of fused-ring (bicyclic) bond motifs is 5. The van der Waals surface area contributed by atoms with E-state index in [1.54, 1.807) is 29.8 Å². The molecule has 2 aromatic rings. The van der Waals surface area contributed by atoms with Gasteiger partial charge in [0, 0.05) is 22.3 Å². The Morgan fingerprint density at radius 1 is 1.22 bits per heavy atom. The first-order chi connectivity index (χ1) is 13.0. The van der Waals surface area contributed by atoms with Gasteiger partial charge in [-0.1, -0.05) is 17.7 Å². The molecule has 0 unspecified atom stereocenters. The quantitative estimate of drug-likeness (QED) is 0.757. The molecule has 27 heavy (non-hydrogen) atoms. The lowest BCUT2D eigenvalue weighted by atomic mass is 9.81. The number of amides is 2. The SMILES string of the molecule is Cc1cc(N2C(=O)[C@@H]3[C@H](C2=O)[C@H]2CC[C@H]3O2)nn1Cc1c(F)cccc1Cl. The van der Waals surface area contributed by atoms with Gasteiger partial charge in [0.05, 0.1) is 30.6 Å². The van der Waals surface area contributed by atoms with Crippen LogP contribution in [0.1, 0.15) is 24.1 Å². The normalized spacial score (nSPS) is 29.1. The van der Waals surface area contributed by atoms with E-state index in [0.29, 0.717) is 16.3 Å². The maximum Gasteiger partial charge on any atom is 0.241 e. The monoisotopic (exact) mass is 389 g/mol. The van der Waals surface area contributed by atoms with Crippen LogP contribution < -0.4 is 4.90 Å². The zero-order valence-corrected chi connectivity index (χ0v) is 15.3. The maximum absolute atomic E-state index is 14.1. The Labute approximate surface area is 159 Å². The van der Waals surface area contributed by atoms with Crippen LogP contribution in [0.2, 0.25) is 5.02 Å². The zero-order chi connectivity index (χ0) is 18.9. The molecule has 6 nitrogen and oxygen atoms in total. The van der Waals surface area contributed by atoms with Gasteiger partial charge in [-0.25, -0.2) is 9.29 Å². The van der Waals surface area contributed by atoms with Crippen LogP contribution in [0.15, 0.2) is 24.3 Å². The summed E-state index contributed by atoms with van der Waals surface area (Å²) in [4.78, 5) is 26.9. The van der Waals surface area contributed by atoms with Gasteiger partial charge in [-0.15, -0.1) is 0 Å². The molecule has 3 saturated heterocycles. The number of hydrogen-bond donors (Lipinski definition) is 0. The Morgan fingerprint density at radius 2 is 1.89 bits per heavy atom. The van der Waals surface area contributed by atoms with Crippen molar-refractivity contribution in [3.8, 4) is 0 Å². The summed E-state index contributed by atoms with van der Waals surface area (Å²) in [5.41, 5.74) is 1.03. The van der Waals surface area contributed by atoms with Crippen molar-refractivity contribution in [2.75, 3.05) is 4.90 Å². The number of hydrogen-bond acceptors (Lipinski definition) is 4. The predicted molar refractivity (Wildman–Crippen MR) is 94.8 cm³/mol. The van der Waals surface area contributed by atoms with Gasteiger partial charge in [-0.3, -0.25) is 14.3 Å². The summed E-state index contributed by atoms with van der Waals surface area (Å²) >= 11 is 6.10. The van der Waals surface area contributed by atoms with E-state index in [1.165, 1.54) is 11.0 Å². The molecule has 8 heteroatoms. The molecule has 3 fully saturated rings. The van der Waals surface area contributed by atoms with Crippen LogP contribution >= 0.6 is 11.6 Å². The molecule has 4 heterocycles. The number of imide groups is 1. The number of carbonyl (C=O) groups excluding carboxylic acids is 2. The second-order valence-corrected chi connectivity index (χ2v) is 7.76. The van der Waals surface area contributed by atoms with Crippen molar-refractivity contribution < 1.29 is 18.7 Å². The minimum Gasteiger partial charge on any atom is -0.373 e. The topological polar surface area (TPSA) is 64.4 Å². The van der Waals surface area contributed by atoms with Crippen LogP contribution in [0.3, 0.4) is 0 Å². The molecule has 2 amide bonds. The fraction of sp³-hybridized carbons (Fsp3) is 0.421. The smallest absolute Gasteiger partial charge is 0.241 e. The molecule has 5 rings (SSSR count). The van der Waals surface area contributed by atoms with E-state index in [9.17, 15) is 14.0 Å². The lowest BCUT2D eigenvalue weighted by Crippen LogP contribution is -2.34. The van der Waals surface area contributed by atoms with Gasteiger partial charge in [0.25, 0.3) is 0 Å². The number of ether oxygens (including phenoxy) is 1. The highest BCUT2D eigenvalue weighted by molar-refractivity contribution is 6.31. The van der Waals surface area contributed by atoms with Crippen LogP contribution in [-0.2, 0) is 20.9 Å². The zero-order valence-electron chi connectivity index (χ0n) is 14.6. The van der Waals surface area contributed by atoms with Crippen molar-refractivity contribution in [2.24, 2.45) is 11.8 Å². The molecule has 0 aliphatic carbocycles. The third-order valence-electron chi connectivity index (χ3n) is 5.85. The molecule has 0 spiro atoms. The molecule has 2 bridgehead atoms. The highest BCUT2D eigenvalue weighted by Gasteiger charge is 2.63. The summed E-state index contributed by atoms with van der Waals surface area (Å²) in [5.74, 6) is -1.43. The molecular weight excluding hydrogens is 373 g/mol. The number of aromatic nitrogens is 2. The molecule has 140 valence electrons. The summed E-state index contributed by atoms with van der Waals surface area (Å²) in [5, 5.41) is 4.71. The van der Waals surface area contributed by atoms with E-state index >= 15 is 0 Å². The molecular formula is C19H17ClFN3O3. The molecule has 1 aromatic carbocycles. The molecule has 0 saturated carbocycles. The number of aryl methyl sites for hydroxylation is 1. The Bertz CT molecular complexity index is 927. The number of nitrogens with zero attached hydrogens (tertiary/aromatic N) is 3. The van der Waals surface area contributed by atoms with E-state index < -0.39 is 17.7 Å². The van der Waals surface area contributed by atoms with E-state index in [4.69, 9.17) is 16.3 Å². The lowest BCUT2D eigenvalue weighted by Gasteiger charge is -2.15. The third kappa shape index (κ3) is 2.38. The first kappa shape index (κ1) is 16.9. The summed E-state index contributed by atoms with van der Waals surface area (Å²) in [6.07, 6.45) is 1.30. The van der Waals surface area contributed by atoms with Gasteiger partial charge in [-0.05, 0) is 31.9 Å². The van der Waals surface area contributed by atoms with Crippen molar-refractivity contribution in [1.82, 2.24) is 9.78 Å². The van der Waals surface area contributed by atoms with E-state index in [1.807, 2.05) is 0 Å². The van der Waals surface area contributed by atoms with Crippen LogP contribution in [0.25, 0.3) is 0 Å². The van der Waals surface area contributed by atoms with Crippen molar-refractivity contribution in [2.45, 2.75) is 38.5 Å². The summed E-state index contributed by atoms with van der Waals surface area (Å²) < 4.78 is 21.4. The van der Waals surface area contributed by atoms with E-state index in [0.717, 1.165) is 12.8 Å². The van der Waals surface area contributed by atoms with Gasteiger partial charge in [0.2, 0.25) is 11.8 Å². The highest BCUT2D eigenvalue weighted by atomic mass is 35.5. The molecule has 0 radical (unpaired) electrons. The van der Waals surface area contributed by atoms with Crippen molar-refractivity contribution in [1.29, 1.82) is 0 Å². The number of anilines is 1. The third-order valence-corrected chi connectivity index (χ3v) is 6.21. The van der Waals surface area contributed by atoms with Crippen molar-refractivity contribution in [3.63, 3.8) is 0 Å². The van der Waals surface area contributed by atoms with Crippen LogP contribution in [0, 0.1) is 24.6 Å². The molecule has 0 N–H and O–H groups in total. The van der Waals surface area contributed by atoms with Gasteiger partial charge in [0.15, 0.2) is 5.82 Å². The van der Waals surface area contributed by atoms with Crippen molar-refractivity contribution in [3.05, 3.63) is 46.4 Å². The second-order valence-electron chi connectivity index (χ2n) is 7.36. The van der Waals surface area contributed by atoms with Gasteiger partial charge in [-0.2, -0.15) is 5.10 Å². The number of halogens is 2. The largest absolute Gasteiger partial charge is 0.373 e. The van der Waals surface area contributed by atoms with Crippen LogP contribution in [0.5, 0.6) is 0 Å². The first-order valence-corrected chi connectivity index (χ1v) is 9.34. The number of carbonyl (C=O) groups is 2. The number of benzene rings is 1. The minimum atomic E-state index is -0.421. The molecule has 3 aliphatic heterocycles. The van der Waals surface area contributed by atoms with Crippen molar-refractivity contribution >= 4 is 29.2 Å². The summed E-state index contributed by atoms with van der Waals surface area (Å²) in [7, 11) is 0. The first-order valence-electron chi connectivity index (χ1n) is 8.96. The number of rotatable bonds is 3. The maximum atomic E-state index is 14.1. The molecule has 3 aliphatic rings. The van der Waals surface area contributed by atoms with Gasteiger partial charge < -0.3 is 4.74 Å². The van der Waals surface area contributed by atoms with Crippen LogP contribution in [0.4, 0.5) is 10.2 Å². The molecule has 4 atom stereocenters. The Balaban J connectivity index is 1.47. The Kier molecular flexibility index (Phi) is 3.67. The van der Waals surface area contributed by atoms with Crippen LogP contribution in [-0.4, -0.2) is 33.8 Å². The fourth-order valence-corrected chi connectivity index (χ4v) is 4.76. The minimum absolute atomic E-state index is 0.120. The summed E-state index contributed by atoms with van der Waals surface area (Å²) in [6.45, 7) is 1.92. The van der Waals surface area contributed by atoms with E-state index in [2.05, 4.69) is 5.10 Å². The fourth-order valence-electron chi connectivity index (χ4n) is 4.53. The van der Waals surface area contributed by atoms with Gasteiger partial charge in [0.1, 0.15) is 5.82 Å². The Morgan fingerprint density at radius 3 is 2.52 bits per heavy atom. The average Bonchev–Trinajstić information content (AvgIpc) is 3.36. The van der Waals surface area contributed by atoms with Gasteiger partial charge >= 0.3 is 0 Å². The predicted octanol–water partition coefficient (Wildman–Crippen LogP) is 2.70. The second kappa shape index (κ2) is 5.87. The molecule has 1 aromatic heterocycles. The lowest BCUT2D eigenvalue weighted by molar-refractivity contribution is -0.124. The standard InChI is InChI=1S/C19H17ClFN3O3/c1-9-7-15(22-23(9)8-10-11(20)3-2-4-12(10)21)24-18(25)16-13-5-6-14(27-13)17(16)19(24)26/h2-4,7,13-14,16-17H,5-6,8H2,1H3/t13-,14-,16-,17+/m1/s1. The average molecular weight is 390 g/mol. The highest BCUT2D eigenvalue weighted by Crippen LogP contribution is 2.49. The Hall–Kier alpha value is -2.25. The summed E-state index contributed by atoms with van der Waals surface area (Å²) in [6, 6.07) is 6.17.